The number of rotatable bonds is 10. The van der Waals surface area contributed by atoms with E-state index < -0.39 is 10.9 Å². The summed E-state index contributed by atoms with van der Waals surface area (Å²) in [4.78, 5) is 21.3. The molecule has 8 nitrogen and oxygen atoms in total. The van der Waals surface area contributed by atoms with Gasteiger partial charge in [-0.2, -0.15) is 0 Å². The number of para-hydroxylation sites is 1. The summed E-state index contributed by atoms with van der Waals surface area (Å²) < 4.78 is 15.3. The standard InChI is InChI=1S/C13H17NO7/c1-19-6-3-7-20-8-9-21-12-10(13(15)16)4-2-5-11(12)14(17)18/h2,4-5H,3,6-9H2,1H3,(H,15,16). The molecule has 0 radical (unpaired) electrons. The summed E-state index contributed by atoms with van der Waals surface area (Å²) in [6, 6.07) is 3.75. The predicted octanol–water partition coefficient (Wildman–Crippen LogP) is 1.72. The lowest BCUT2D eigenvalue weighted by molar-refractivity contribution is -0.385. The molecule has 21 heavy (non-hydrogen) atoms. The van der Waals surface area contributed by atoms with Crippen molar-refractivity contribution in [1.82, 2.24) is 0 Å². The summed E-state index contributed by atoms with van der Waals surface area (Å²) in [6.07, 6.45) is 0.725. The summed E-state index contributed by atoms with van der Waals surface area (Å²) in [6.45, 7) is 1.28. The first kappa shape index (κ1) is 16.9. The number of methoxy groups -OCH3 is 1. The normalized spacial score (nSPS) is 10.3. The summed E-state index contributed by atoms with van der Waals surface area (Å²) in [5.41, 5.74) is -0.627. The van der Waals surface area contributed by atoms with Crippen molar-refractivity contribution in [3.63, 3.8) is 0 Å². The minimum atomic E-state index is -1.28. The van der Waals surface area contributed by atoms with Gasteiger partial charge in [0.15, 0.2) is 0 Å². The summed E-state index contributed by atoms with van der Waals surface area (Å²) in [7, 11) is 1.59. The molecular formula is C13H17NO7. The van der Waals surface area contributed by atoms with Gasteiger partial charge in [0.25, 0.3) is 0 Å². The van der Waals surface area contributed by atoms with Gasteiger partial charge in [0.05, 0.1) is 11.5 Å². The average molecular weight is 299 g/mol. The first-order chi connectivity index (χ1) is 10.1. The predicted molar refractivity (Wildman–Crippen MR) is 72.9 cm³/mol. The first-order valence-corrected chi connectivity index (χ1v) is 6.28. The molecule has 0 saturated carbocycles. The summed E-state index contributed by atoms with van der Waals surface area (Å²) in [5, 5.41) is 19.9. The molecular weight excluding hydrogens is 282 g/mol. The Morgan fingerprint density at radius 1 is 1.29 bits per heavy atom. The molecule has 8 heteroatoms. The molecule has 116 valence electrons. The fraction of sp³-hybridized carbons (Fsp3) is 0.462. The highest BCUT2D eigenvalue weighted by atomic mass is 16.6. The molecule has 0 aliphatic rings. The Bertz CT molecular complexity index is 457. The minimum Gasteiger partial charge on any atom is -0.484 e. The molecule has 0 atom stereocenters. The van der Waals surface area contributed by atoms with Crippen LogP contribution in [0.15, 0.2) is 18.2 Å². The second kappa shape index (κ2) is 8.88. The lowest BCUT2D eigenvalue weighted by Crippen LogP contribution is -2.12. The van der Waals surface area contributed by atoms with Crippen LogP contribution in [0.2, 0.25) is 0 Å². The number of carboxylic acids is 1. The van der Waals surface area contributed by atoms with E-state index in [1.54, 1.807) is 7.11 Å². The highest BCUT2D eigenvalue weighted by molar-refractivity contribution is 5.92. The lowest BCUT2D eigenvalue weighted by Gasteiger charge is -2.09. The number of carboxylic acid groups (broad SMARTS) is 1. The average Bonchev–Trinajstić information content (AvgIpc) is 2.45. The van der Waals surface area contributed by atoms with E-state index in [1.165, 1.54) is 18.2 Å². The molecule has 0 saturated heterocycles. The topological polar surface area (TPSA) is 108 Å². The van der Waals surface area contributed by atoms with Crippen molar-refractivity contribution < 1.29 is 29.0 Å². The van der Waals surface area contributed by atoms with Gasteiger partial charge in [-0.1, -0.05) is 6.07 Å². The van der Waals surface area contributed by atoms with Crippen molar-refractivity contribution in [2.45, 2.75) is 6.42 Å². The number of nitro benzene ring substituents is 1. The third kappa shape index (κ3) is 5.36. The van der Waals surface area contributed by atoms with Gasteiger partial charge in [-0.3, -0.25) is 10.1 Å². The van der Waals surface area contributed by atoms with Gasteiger partial charge in [-0.25, -0.2) is 4.79 Å². The quantitative estimate of drug-likeness (QED) is 0.398. The number of hydrogen-bond donors (Lipinski definition) is 1. The van der Waals surface area contributed by atoms with Gasteiger partial charge in [0.1, 0.15) is 12.2 Å². The Morgan fingerprint density at radius 3 is 2.67 bits per heavy atom. The highest BCUT2D eigenvalue weighted by Gasteiger charge is 2.22. The summed E-state index contributed by atoms with van der Waals surface area (Å²) in [5.74, 6) is -1.54. The largest absolute Gasteiger partial charge is 0.484 e. The van der Waals surface area contributed by atoms with Crippen LogP contribution in [0.5, 0.6) is 5.75 Å². The van der Waals surface area contributed by atoms with E-state index in [1.807, 2.05) is 0 Å². The maximum absolute atomic E-state index is 11.1. The van der Waals surface area contributed by atoms with Crippen LogP contribution in [-0.4, -0.2) is 49.5 Å². The van der Waals surface area contributed by atoms with E-state index in [9.17, 15) is 14.9 Å². The van der Waals surface area contributed by atoms with Crippen molar-refractivity contribution in [2.75, 3.05) is 33.5 Å². The van der Waals surface area contributed by atoms with Crippen molar-refractivity contribution in [3.05, 3.63) is 33.9 Å². The number of nitro groups is 1. The molecule has 0 heterocycles. The molecule has 0 aromatic heterocycles. The van der Waals surface area contributed by atoms with Crippen molar-refractivity contribution in [2.24, 2.45) is 0 Å². The van der Waals surface area contributed by atoms with Gasteiger partial charge < -0.3 is 19.3 Å². The number of nitrogens with zero attached hydrogens (tertiary/aromatic N) is 1. The maximum Gasteiger partial charge on any atom is 0.339 e. The molecule has 1 rings (SSSR count). The van der Waals surface area contributed by atoms with Gasteiger partial charge >= 0.3 is 11.7 Å². The SMILES string of the molecule is COCCCOCCOc1c(C(=O)O)cccc1[N+](=O)[O-]. The van der Waals surface area contributed by atoms with Crippen molar-refractivity contribution in [3.8, 4) is 5.75 Å². The molecule has 0 aliphatic heterocycles. The molecule has 0 amide bonds. The van der Waals surface area contributed by atoms with Gasteiger partial charge in [0, 0.05) is 26.4 Å². The Labute approximate surface area is 121 Å². The second-order valence-electron chi connectivity index (χ2n) is 4.02. The van der Waals surface area contributed by atoms with Crippen LogP contribution in [0.3, 0.4) is 0 Å². The smallest absolute Gasteiger partial charge is 0.339 e. The van der Waals surface area contributed by atoms with E-state index in [0.29, 0.717) is 13.2 Å². The molecule has 0 fully saturated rings. The molecule has 0 unspecified atom stereocenters. The number of benzene rings is 1. The van der Waals surface area contributed by atoms with Crippen molar-refractivity contribution in [1.29, 1.82) is 0 Å². The first-order valence-electron chi connectivity index (χ1n) is 6.28. The zero-order valence-corrected chi connectivity index (χ0v) is 11.6. The number of aromatic carboxylic acids is 1. The zero-order chi connectivity index (χ0) is 15.7. The van der Waals surface area contributed by atoms with Crippen LogP contribution < -0.4 is 4.74 Å². The Morgan fingerprint density at radius 2 is 2.05 bits per heavy atom. The molecule has 1 aromatic carbocycles. The molecule has 0 bridgehead atoms. The molecule has 0 aliphatic carbocycles. The summed E-state index contributed by atoms with van der Waals surface area (Å²) >= 11 is 0. The number of ether oxygens (including phenoxy) is 3. The minimum absolute atomic E-state index is 0.0259. The van der Waals surface area contributed by atoms with Gasteiger partial charge in [0.2, 0.25) is 5.75 Å². The second-order valence-corrected chi connectivity index (χ2v) is 4.02. The third-order valence-corrected chi connectivity index (χ3v) is 2.53. The van der Waals surface area contributed by atoms with Crippen LogP contribution in [0.4, 0.5) is 5.69 Å². The van der Waals surface area contributed by atoms with Gasteiger partial charge in [-0.15, -0.1) is 0 Å². The number of hydrogen-bond acceptors (Lipinski definition) is 6. The Balaban J connectivity index is 2.60. The fourth-order valence-electron chi connectivity index (χ4n) is 1.60. The molecule has 1 aromatic rings. The van der Waals surface area contributed by atoms with E-state index >= 15 is 0 Å². The van der Waals surface area contributed by atoms with Crippen LogP contribution in [0.25, 0.3) is 0 Å². The van der Waals surface area contributed by atoms with Crippen LogP contribution in [0, 0.1) is 10.1 Å². The van der Waals surface area contributed by atoms with Crippen LogP contribution in [0.1, 0.15) is 16.8 Å². The lowest BCUT2D eigenvalue weighted by atomic mass is 10.2. The fourth-order valence-corrected chi connectivity index (χ4v) is 1.60. The van der Waals surface area contributed by atoms with E-state index in [2.05, 4.69) is 0 Å². The van der Waals surface area contributed by atoms with E-state index in [-0.39, 0.29) is 30.2 Å². The van der Waals surface area contributed by atoms with Gasteiger partial charge in [-0.05, 0) is 12.5 Å². The van der Waals surface area contributed by atoms with Crippen LogP contribution in [-0.2, 0) is 9.47 Å². The monoisotopic (exact) mass is 299 g/mol. The van der Waals surface area contributed by atoms with E-state index in [4.69, 9.17) is 19.3 Å². The zero-order valence-electron chi connectivity index (χ0n) is 11.6. The Kier molecular flexibility index (Phi) is 7.13. The third-order valence-electron chi connectivity index (χ3n) is 2.53. The molecule has 1 N–H and O–H groups in total. The highest BCUT2D eigenvalue weighted by Crippen LogP contribution is 2.30. The molecule has 0 spiro atoms. The van der Waals surface area contributed by atoms with E-state index in [0.717, 1.165) is 6.42 Å². The Hall–Kier alpha value is -2.19. The van der Waals surface area contributed by atoms with Crippen LogP contribution >= 0.6 is 0 Å². The van der Waals surface area contributed by atoms with Crippen molar-refractivity contribution >= 4 is 11.7 Å². The maximum atomic E-state index is 11.1. The number of carbonyl (C=O) groups is 1.